The standard InChI is InChI=1S/C16H20N2O2/c1-11(2)16(3,20)10-18-15(19)13-6-7-14-12(9-13)5-4-8-17-14/h4-9,11,20H,10H2,1-3H3,(H,18,19). The maximum atomic E-state index is 12.1. The Labute approximate surface area is 118 Å². The molecule has 0 aliphatic carbocycles. The summed E-state index contributed by atoms with van der Waals surface area (Å²) < 4.78 is 0. The maximum Gasteiger partial charge on any atom is 0.251 e. The first-order chi connectivity index (χ1) is 9.40. The van der Waals surface area contributed by atoms with Crippen LogP contribution in [0.3, 0.4) is 0 Å². The third-order valence-corrected chi connectivity index (χ3v) is 3.72. The fourth-order valence-corrected chi connectivity index (χ4v) is 1.78. The molecule has 1 amide bonds. The summed E-state index contributed by atoms with van der Waals surface area (Å²) in [6.07, 6.45) is 1.72. The molecule has 0 bridgehead atoms. The highest BCUT2D eigenvalue weighted by Crippen LogP contribution is 2.16. The van der Waals surface area contributed by atoms with Gasteiger partial charge in [0, 0.05) is 23.7 Å². The first-order valence-electron chi connectivity index (χ1n) is 6.75. The number of carbonyl (C=O) groups is 1. The van der Waals surface area contributed by atoms with Crippen LogP contribution in [0.1, 0.15) is 31.1 Å². The molecule has 0 aliphatic rings. The highest BCUT2D eigenvalue weighted by atomic mass is 16.3. The van der Waals surface area contributed by atoms with Gasteiger partial charge >= 0.3 is 0 Å². The van der Waals surface area contributed by atoms with Gasteiger partial charge in [0.25, 0.3) is 5.91 Å². The Bertz CT molecular complexity index is 621. The van der Waals surface area contributed by atoms with Crippen molar-refractivity contribution in [3.05, 3.63) is 42.1 Å². The SMILES string of the molecule is CC(C)C(C)(O)CNC(=O)c1ccc2ncccc2c1. The minimum atomic E-state index is -0.909. The monoisotopic (exact) mass is 272 g/mol. The van der Waals surface area contributed by atoms with E-state index in [4.69, 9.17) is 0 Å². The van der Waals surface area contributed by atoms with Gasteiger partial charge < -0.3 is 10.4 Å². The van der Waals surface area contributed by atoms with Gasteiger partial charge in [0.05, 0.1) is 11.1 Å². The van der Waals surface area contributed by atoms with Gasteiger partial charge in [0.2, 0.25) is 0 Å². The number of aliphatic hydroxyl groups is 1. The molecule has 0 spiro atoms. The van der Waals surface area contributed by atoms with Crippen molar-refractivity contribution in [2.24, 2.45) is 5.92 Å². The second-order valence-electron chi connectivity index (χ2n) is 5.61. The topological polar surface area (TPSA) is 62.2 Å². The van der Waals surface area contributed by atoms with E-state index in [2.05, 4.69) is 10.3 Å². The second-order valence-corrected chi connectivity index (χ2v) is 5.61. The molecule has 4 nitrogen and oxygen atoms in total. The summed E-state index contributed by atoms with van der Waals surface area (Å²) in [4.78, 5) is 16.3. The van der Waals surface area contributed by atoms with E-state index in [1.165, 1.54) is 0 Å². The lowest BCUT2D eigenvalue weighted by Crippen LogP contribution is -2.44. The molecular formula is C16H20N2O2. The molecule has 4 heteroatoms. The summed E-state index contributed by atoms with van der Waals surface area (Å²) in [5.41, 5.74) is 0.525. The van der Waals surface area contributed by atoms with Crippen molar-refractivity contribution in [3.63, 3.8) is 0 Å². The van der Waals surface area contributed by atoms with Crippen molar-refractivity contribution in [3.8, 4) is 0 Å². The summed E-state index contributed by atoms with van der Waals surface area (Å²) in [6.45, 7) is 5.80. The average Bonchev–Trinajstić information content (AvgIpc) is 2.44. The van der Waals surface area contributed by atoms with E-state index in [0.29, 0.717) is 5.56 Å². The second kappa shape index (κ2) is 5.59. The van der Waals surface area contributed by atoms with E-state index >= 15 is 0 Å². The largest absolute Gasteiger partial charge is 0.388 e. The lowest BCUT2D eigenvalue weighted by Gasteiger charge is -2.27. The van der Waals surface area contributed by atoms with Crippen molar-refractivity contribution in [1.29, 1.82) is 0 Å². The van der Waals surface area contributed by atoms with Crippen molar-refractivity contribution in [2.45, 2.75) is 26.4 Å². The van der Waals surface area contributed by atoms with Crippen molar-refractivity contribution >= 4 is 16.8 Å². The average molecular weight is 272 g/mol. The van der Waals surface area contributed by atoms with Gasteiger partial charge in [-0.2, -0.15) is 0 Å². The molecule has 0 fully saturated rings. The van der Waals surface area contributed by atoms with E-state index < -0.39 is 5.60 Å². The maximum absolute atomic E-state index is 12.1. The van der Waals surface area contributed by atoms with Crippen LogP contribution in [0.4, 0.5) is 0 Å². The number of nitrogens with zero attached hydrogens (tertiary/aromatic N) is 1. The van der Waals surface area contributed by atoms with Gasteiger partial charge in [0.15, 0.2) is 0 Å². The molecule has 1 heterocycles. The molecule has 1 aromatic carbocycles. The Hall–Kier alpha value is -1.94. The zero-order valence-electron chi connectivity index (χ0n) is 12.1. The predicted molar refractivity (Wildman–Crippen MR) is 79.5 cm³/mol. The van der Waals surface area contributed by atoms with E-state index in [9.17, 15) is 9.90 Å². The van der Waals surface area contributed by atoms with Gasteiger partial charge in [-0.05, 0) is 37.1 Å². The Morgan fingerprint density at radius 3 is 2.85 bits per heavy atom. The Kier molecular flexibility index (Phi) is 4.04. The number of pyridine rings is 1. The summed E-state index contributed by atoms with van der Waals surface area (Å²) in [5.74, 6) is -0.111. The highest BCUT2D eigenvalue weighted by molar-refractivity contribution is 5.97. The van der Waals surface area contributed by atoms with Crippen molar-refractivity contribution < 1.29 is 9.90 Å². The van der Waals surface area contributed by atoms with Crippen molar-refractivity contribution in [1.82, 2.24) is 10.3 Å². The first-order valence-corrected chi connectivity index (χ1v) is 6.75. The number of amides is 1. The van der Waals surface area contributed by atoms with Crippen LogP contribution in [0.25, 0.3) is 10.9 Å². The Morgan fingerprint density at radius 1 is 1.40 bits per heavy atom. The van der Waals surface area contributed by atoms with Gasteiger partial charge in [-0.3, -0.25) is 9.78 Å². The number of hydrogen-bond donors (Lipinski definition) is 2. The van der Waals surface area contributed by atoms with Gasteiger partial charge in [-0.15, -0.1) is 0 Å². The summed E-state index contributed by atoms with van der Waals surface area (Å²) in [5, 5.41) is 13.8. The van der Waals surface area contributed by atoms with Crippen LogP contribution in [0, 0.1) is 5.92 Å². The fraction of sp³-hybridized carbons (Fsp3) is 0.375. The number of aromatic nitrogens is 1. The summed E-state index contributed by atoms with van der Waals surface area (Å²) in [6, 6.07) is 9.14. The lowest BCUT2D eigenvalue weighted by atomic mass is 9.92. The molecule has 0 radical (unpaired) electrons. The number of nitrogens with one attached hydrogen (secondary N) is 1. The number of carbonyl (C=O) groups excluding carboxylic acids is 1. The molecule has 106 valence electrons. The predicted octanol–water partition coefficient (Wildman–Crippen LogP) is 2.37. The van der Waals surface area contributed by atoms with Gasteiger partial charge in [0.1, 0.15) is 0 Å². The van der Waals surface area contributed by atoms with Crippen LogP contribution in [0.15, 0.2) is 36.5 Å². The molecule has 1 aromatic heterocycles. The van der Waals surface area contributed by atoms with Crippen LogP contribution >= 0.6 is 0 Å². The zero-order valence-corrected chi connectivity index (χ0v) is 12.1. The Balaban J connectivity index is 2.12. The first kappa shape index (κ1) is 14.5. The van der Waals surface area contributed by atoms with Crippen LogP contribution in [0.5, 0.6) is 0 Å². The number of hydrogen-bond acceptors (Lipinski definition) is 3. The third-order valence-electron chi connectivity index (χ3n) is 3.72. The van der Waals surface area contributed by atoms with Crippen molar-refractivity contribution in [2.75, 3.05) is 6.54 Å². The molecule has 0 aliphatic heterocycles. The molecule has 0 saturated carbocycles. The smallest absolute Gasteiger partial charge is 0.251 e. The number of benzene rings is 1. The third kappa shape index (κ3) is 3.14. The van der Waals surface area contributed by atoms with E-state index in [0.717, 1.165) is 10.9 Å². The normalized spacial score (nSPS) is 14.2. The molecule has 2 N–H and O–H groups in total. The van der Waals surface area contributed by atoms with E-state index in [1.807, 2.05) is 38.1 Å². The molecule has 2 aromatic rings. The van der Waals surface area contributed by atoms with Crippen LogP contribution in [-0.2, 0) is 0 Å². The van der Waals surface area contributed by atoms with E-state index in [1.54, 1.807) is 19.2 Å². The summed E-state index contributed by atoms with van der Waals surface area (Å²) in [7, 11) is 0. The Morgan fingerprint density at radius 2 is 2.15 bits per heavy atom. The molecule has 1 atom stereocenters. The van der Waals surface area contributed by atoms with Gasteiger partial charge in [-0.1, -0.05) is 19.9 Å². The van der Waals surface area contributed by atoms with Gasteiger partial charge in [-0.25, -0.2) is 0 Å². The van der Waals surface area contributed by atoms with E-state index in [-0.39, 0.29) is 18.4 Å². The molecule has 0 saturated heterocycles. The highest BCUT2D eigenvalue weighted by Gasteiger charge is 2.25. The van der Waals surface area contributed by atoms with Crippen LogP contribution in [-0.4, -0.2) is 28.1 Å². The fourth-order valence-electron chi connectivity index (χ4n) is 1.78. The van der Waals surface area contributed by atoms with Crippen LogP contribution < -0.4 is 5.32 Å². The molecule has 20 heavy (non-hydrogen) atoms. The summed E-state index contributed by atoms with van der Waals surface area (Å²) >= 11 is 0. The molecule has 1 unspecified atom stereocenters. The quantitative estimate of drug-likeness (QED) is 0.898. The zero-order chi connectivity index (χ0) is 14.8. The van der Waals surface area contributed by atoms with Crippen LogP contribution in [0.2, 0.25) is 0 Å². The minimum Gasteiger partial charge on any atom is -0.388 e. The lowest BCUT2D eigenvalue weighted by molar-refractivity contribution is 0.0142. The minimum absolute atomic E-state index is 0.0728. The number of rotatable bonds is 4. The molecule has 2 rings (SSSR count). The number of fused-ring (bicyclic) bond motifs is 1. The molecular weight excluding hydrogens is 252 g/mol.